The standard InChI is InChI=1S/C21H21N/c1-16-11-12-19(13-17(16)2)15-21-10-6-9-20(22-21)14-18-7-4-3-5-8-18/h3-13H,14-15H2,1-2H3. The van der Waals surface area contributed by atoms with Gasteiger partial charge in [0.15, 0.2) is 0 Å². The molecule has 22 heavy (non-hydrogen) atoms. The monoisotopic (exact) mass is 287 g/mol. The van der Waals surface area contributed by atoms with Crippen LogP contribution in [0.1, 0.15) is 33.6 Å². The van der Waals surface area contributed by atoms with Gasteiger partial charge < -0.3 is 0 Å². The van der Waals surface area contributed by atoms with E-state index >= 15 is 0 Å². The molecule has 2 aromatic carbocycles. The van der Waals surface area contributed by atoms with Gasteiger partial charge in [-0.3, -0.25) is 4.98 Å². The van der Waals surface area contributed by atoms with Crippen molar-refractivity contribution in [1.82, 2.24) is 4.98 Å². The van der Waals surface area contributed by atoms with E-state index in [1.54, 1.807) is 0 Å². The summed E-state index contributed by atoms with van der Waals surface area (Å²) < 4.78 is 0. The summed E-state index contributed by atoms with van der Waals surface area (Å²) in [4.78, 5) is 4.82. The Bertz CT molecular complexity index is 760. The maximum Gasteiger partial charge on any atom is 0.0450 e. The fourth-order valence-corrected chi connectivity index (χ4v) is 2.65. The predicted molar refractivity (Wildman–Crippen MR) is 92.2 cm³/mol. The first-order valence-corrected chi connectivity index (χ1v) is 7.75. The van der Waals surface area contributed by atoms with E-state index in [2.05, 4.69) is 74.5 Å². The van der Waals surface area contributed by atoms with E-state index in [9.17, 15) is 0 Å². The van der Waals surface area contributed by atoms with Crippen molar-refractivity contribution in [3.8, 4) is 0 Å². The molecule has 0 saturated heterocycles. The van der Waals surface area contributed by atoms with Crippen LogP contribution in [0.4, 0.5) is 0 Å². The molecular weight excluding hydrogens is 266 g/mol. The van der Waals surface area contributed by atoms with Gasteiger partial charge in [-0.15, -0.1) is 0 Å². The summed E-state index contributed by atoms with van der Waals surface area (Å²) in [5, 5.41) is 0. The highest BCUT2D eigenvalue weighted by Crippen LogP contribution is 2.14. The van der Waals surface area contributed by atoms with Crippen molar-refractivity contribution < 1.29 is 0 Å². The van der Waals surface area contributed by atoms with Crippen LogP contribution in [0.3, 0.4) is 0 Å². The number of aromatic nitrogens is 1. The third-order valence-corrected chi connectivity index (χ3v) is 4.05. The van der Waals surface area contributed by atoms with E-state index in [-0.39, 0.29) is 0 Å². The maximum atomic E-state index is 4.82. The number of benzene rings is 2. The first-order chi connectivity index (χ1) is 10.7. The Hall–Kier alpha value is -2.41. The van der Waals surface area contributed by atoms with Gasteiger partial charge in [-0.25, -0.2) is 0 Å². The maximum absolute atomic E-state index is 4.82. The smallest absolute Gasteiger partial charge is 0.0450 e. The summed E-state index contributed by atoms with van der Waals surface area (Å²) in [6.45, 7) is 4.32. The molecule has 0 aliphatic heterocycles. The van der Waals surface area contributed by atoms with Gasteiger partial charge >= 0.3 is 0 Å². The molecule has 3 aromatic rings. The summed E-state index contributed by atoms with van der Waals surface area (Å²) in [5.74, 6) is 0. The van der Waals surface area contributed by atoms with E-state index < -0.39 is 0 Å². The third-order valence-electron chi connectivity index (χ3n) is 4.05. The molecule has 0 unspecified atom stereocenters. The van der Waals surface area contributed by atoms with Gasteiger partial charge in [0.1, 0.15) is 0 Å². The van der Waals surface area contributed by atoms with Crippen LogP contribution in [-0.2, 0) is 12.8 Å². The lowest BCUT2D eigenvalue weighted by molar-refractivity contribution is 0.990. The third kappa shape index (κ3) is 3.62. The molecule has 0 amide bonds. The lowest BCUT2D eigenvalue weighted by Crippen LogP contribution is -1.98. The SMILES string of the molecule is Cc1ccc(Cc2cccc(Cc3ccccc3)n2)cc1C. The van der Waals surface area contributed by atoms with Gasteiger partial charge in [0.05, 0.1) is 0 Å². The predicted octanol–water partition coefficient (Wildman–Crippen LogP) is 4.88. The fraction of sp³-hybridized carbons (Fsp3) is 0.190. The van der Waals surface area contributed by atoms with Crippen LogP contribution in [-0.4, -0.2) is 4.98 Å². The Kier molecular flexibility index (Phi) is 4.34. The fourth-order valence-electron chi connectivity index (χ4n) is 2.65. The molecule has 0 bridgehead atoms. The van der Waals surface area contributed by atoms with Crippen molar-refractivity contribution in [3.63, 3.8) is 0 Å². The average Bonchev–Trinajstić information content (AvgIpc) is 2.52. The first kappa shape index (κ1) is 14.5. The largest absolute Gasteiger partial charge is 0.257 e. The summed E-state index contributed by atoms with van der Waals surface area (Å²) in [6.07, 6.45) is 1.78. The van der Waals surface area contributed by atoms with Crippen molar-refractivity contribution in [2.24, 2.45) is 0 Å². The summed E-state index contributed by atoms with van der Waals surface area (Å²) in [7, 11) is 0. The Morgan fingerprint density at radius 2 is 1.32 bits per heavy atom. The second kappa shape index (κ2) is 6.57. The molecule has 1 nitrogen and oxygen atoms in total. The van der Waals surface area contributed by atoms with Crippen molar-refractivity contribution >= 4 is 0 Å². The Morgan fingerprint density at radius 1 is 0.636 bits per heavy atom. The molecule has 3 rings (SSSR count). The minimum atomic E-state index is 0.890. The number of rotatable bonds is 4. The number of aryl methyl sites for hydroxylation is 2. The van der Waals surface area contributed by atoms with Gasteiger partial charge in [0.25, 0.3) is 0 Å². The van der Waals surface area contributed by atoms with Crippen molar-refractivity contribution in [3.05, 3.63) is 100 Å². The highest BCUT2D eigenvalue weighted by molar-refractivity contribution is 5.32. The van der Waals surface area contributed by atoms with E-state index in [0.29, 0.717) is 0 Å². The zero-order valence-electron chi connectivity index (χ0n) is 13.2. The minimum Gasteiger partial charge on any atom is -0.257 e. The lowest BCUT2D eigenvalue weighted by Gasteiger charge is -2.07. The normalized spacial score (nSPS) is 10.6. The molecule has 0 spiro atoms. The zero-order chi connectivity index (χ0) is 15.4. The number of hydrogen-bond acceptors (Lipinski definition) is 1. The molecule has 0 aliphatic carbocycles. The summed E-state index contributed by atoms with van der Waals surface area (Å²) in [5.41, 5.74) is 7.59. The molecule has 0 saturated carbocycles. The van der Waals surface area contributed by atoms with E-state index in [4.69, 9.17) is 4.98 Å². The van der Waals surface area contributed by atoms with Crippen LogP contribution in [0.15, 0.2) is 66.7 Å². The highest BCUT2D eigenvalue weighted by Gasteiger charge is 2.02. The van der Waals surface area contributed by atoms with Crippen LogP contribution in [0.25, 0.3) is 0 Å². The molecule has 0 fully saturated rings. The van der Waals surface area contributed by atoms with E-state index in [1.807, 2.05) is 6.07 Å². The molecule has 1 heterocycles. The lowest BCUT2D eigenvalue weighted by atomic mass is 10.0. The van der Waals surface area contributed by atoms with Crippen LogP contribution >= 0.6 is 0 Å². The second-order valence-electron chi connectivity index (χ2n) is 5.88. The molecule has 1 heteroatoms. The number of pyridine rings is 1. The number of nitrogens with zero attached hydrogens (tertiary/aromatic N) is 1. The average molecular weight is 287 g/mol. The molecular formula is C21H21N. The van der Waals surface area contributed by atoms with E-state index in [0.717, 1.165) is 24.2 Å². The van der Waals surface area contributed by atoms with Gasteiger partial charge in [-0.2, -0.15) is 0 Å². The minimum absolute atomic E-state index is 0.890. The molecule has 110 valence electrons. The topological polar surface area (TPSA) is 12.9 Å². The van der Waals surface area contributed by atoms with Crippen molar-refractivity contribution in [2.45, 2.75) is 26.7 Å². The van der Waals surface area contributed by atoms with Crippen molar-refractivity contribution in [1.29, 1.82) is 0 Å². The van der Waals surface area contributed by atoms with E-state index in [1.165, 1.54) is 22.3 Å². The molecule has 0 radical (unpaired) electrons. The Morgan fingerprint density at radius 3 is 2.00 bits per heavy atom. The van der Waals surface area contributed by atoms with Gasteiger partial charge in [0, 0.05) is 24.2 Å². The summed E-state index contributed by atoms with van der Waals surface area (Å²) >= 11 is 0. The molecule has 0 atom stereocenters. The van der Waals surface area contributed by atoms with Crippen molar-refractivity contribution in [2.75, 3.05) is 0 Å². The number of hydrogen-bond donors (Lipinski definition) is 0. The van der Waals surface area contributed by atoms with Gasteiger partial charge in [-0.05, 0) is 48.2 Å². The zero-order valence-corrected chi connectivity index (χ0v) is 13.2. The summed E-state index contributed by atoms with van der Waals surface area (Å²) in [6, 6.07) is 23.5. The van der Waals surface area contributed by atoms with Crippen LogP contribution in [0.2, 0.25) is 0 Å². The second-order valence-corrected chi connectivity index (χ2v) is 5.88. The molecule has 1 aromatic heterocycles. The van der Waals surface area contributed by atoms with Crippen LogP contribution < -0.4 is 0 Å². The van der Waals surface area contributed by atoms with Gasteiger partial charge in [0.2, 0.25) is 0 Å². The van der Waals surface area contributed by atoms with Crippen LogP contribution in [0, 0.1) is 13.8 Å². The first-order valence-electron chi connectivity index (χ1n) is 7.75. The quantitative estimate of drug-likeness (QED) is 0.666. The van der Waals surface area contributed by atoms with Gasteiger partial charge in [-0.1, -0.05) is 54.6 Å². The van der Waals surface area contributed by atoms with Crippen LogP contribution in [0.5, 0.6) is 0 Å². The highest BCUT2D eigenvalue weighted by atomic mass is 14.7. The Labute approximate surface area is 132 Å². The Balaban J connectivity index is 1.77. The molecule has 0 N–H and O–H groups in total. The molecule has 0 aliphatic rings.